The lowest BCUT2D eigenvalue weighted by molar-refractivity contribution is 0.368. The molecule has 1 aromatic heterocycles. The molecule has 0 radical (unpaired) electrons. The number of hydrogen-bond acceptors (Lipinski definition) is 4. The predicted octanol–water partition coefficient (Wildman–Crippen LogP) is 2.67. The molecule has 0 fully saturated rings. The van der Waals surface area contributed by atoms with Crippen molar-refractivity contribution in [1.29, 1.82) is 0 Å². The fraction of sp³-hybridized carbons (Fsp3) is 0.333. The van der Waals surface area contributed by atoms with Crippen LogP contribution in [0.1, 0.15) is 19.2 Å². The first kappa shape index (κ1) is 12.1. The van der Waals surface area contributed by atoms with Crippen molar-refractivity contribution in [3.05, 3.63) is 35.2 Å². The van der Waals surface area contributed by atoms with E-state index in [0.717, 1.165) is 12.0 Å². The third kappa shape index (κ3) is 3.05. The summed E-state index contributed by atoms with van der Waals surface area (Å²) in [5, 5.41) is 4.60. The first-order chi connectivity index (χ1) is 8.19. The van der Waals surface area contributed by atoms with Crippen LogP contribution in [0.25, 0.3) is 11.4 Å². The molecule has 4 nitrogen and oxygen atoms in total. The highest BCUT2D eigenvalue weighted by molar-refractivity contribution is 6.30. The summed E-state index contributed by atoms with van der Waals surface area (Å²) in [5.41, 5.74) is 6.71. The molecule has 90 valence electrons. The molecule has 1 aromatic carbocycles. The molecule has 0 saturated heterocycles. The van der Waals surface area contributed by atoms with Crippen LogP contribution in [0.5, 0.6) is 0 Å². The monoisotopic (exact) mass is 251 g/mol. The van der Waals surface area contributed by atoms with E-state index in [9.17, 15) is 0 Å². The average molecular weight is 252 g/mol. The Morgan fingerprint density at radius 2 is 2.06 bits per heavy atom. The number of nitrogens with two attached hydrogens (primary N) is 1. The Kier molecular flexibility index (Phi) is 3.76. The van der Waals surface area contributed by atoms with Crippen molar-refractivity contribution in [1.82, 2.24) is 10.1 Å². The molecule has 17 heavy (non-hydrogen) atoms. The lowest BCUT2D eigenvalue weighted by Gasteiger charge is -2.02. The summed E-state index contributed by atoms with van der Waals surface area (Å²) in [5.74, 6) is 1.14. The van der Waals surface area contributed by atoms with Crippen molar-refractivity contribution in [3.63, 3.8) is 0 Å². The largest absolute Gasteiger partial charge is 0.339 e. The van der Waals surface area contributed by atoms with E-state index < -0.39 is 0 Å². The maximum absolute atomic E-state index is 5.83. The standard InChI is InChI=1S/C12H14ClN3O/c1-2-10(14)7-11-15-12(16-17-11)8-3-5-9(13)6-4-8/h3-6,10H,2,7,14H2,1H3. The summed E-state index contributed by atoms with van der Waals surface area (Å²) in [6, 6.07) is 7.37. The van der Waals surface area contributed by atoms with Gasteiger partial charge in [-0.2, -0.15) is 4.98 Å². The minimum absolute atomic E-state index is 0.0634. The minimum Gasteiger partial charge on any atom is -0.339 e. The summed E-state index contributed by atoms with van der Waals surface area (Å²) < 4.78 is 5.15. The van der Waals surface area contributed by atoms with Gasteiger partial charge in [-0.1, -0.05) is 23.7 Å². The molecule has 2 N–H and O–H groups in total. The molecule has 1 unspecified atom stereocenters. The van der Waals surface area contributed by atoms with Crippen molar-refractivity contribution in [2.45, 2.75) is 25.8 Å². The fourth-order valence-electron chi connectivity index (χ4n) is 1.42. The maximum atomic E-state index is 5.83. The van der Waals surface area contributed by atoms with Crippen molar-refractivity contribution in [2.75, 3.05) is 0 Å². The number of aromatic nitrogens is 2. The number of halogens is 1. The summed E-state index contributed by atoms with van der Waals surface area (Å²) in [6.45, 7) is 2.03. The molecule has 0 bridgehead atoms. The second kappa shape index (κ2) is 5.29. The van der Waals surface area contributed by atoms with E-state index in [4.69, 9.17) is 21.9 Å². The SMILES string of the molecule is CCC(N)Cc1nc(-c2ccc(Cl)cc2)no1. The van der Waals surface area contributed by atoms with Gasteiger partial charge >= 0.3 is 0 Å². The predicted molar refractivity (Wildman–Crippen MR) is 66.7 cm³/mol. The maximum Gasteiger partial charge on any atom is 0.228 e. The van der Waals surface area contributed by atoms with Crippen molar-refractivity contribution in [3.8, 4) is 11.4 Å². The van der Waals surface area contributed by atoms with Crippen LogP contribution in [-0.2, 0) is 6.42 Å². The van der Waals surface area contributed by atoms with E-state index in [1.165, 1.54) is 0 Å². The average Bonchev–Trinajstić information content (AvgIpc) is 2.78. The van der Waals surface area contributed by atoms with E-state index >= 15 is 0 Å². The van der Waals surface area contributed by atoms with E-state index in [0.29, 0.717) is 23.2 Å². The van der Waals surface area contributed by atoms with Crippen LogP contribution in [0, 0.1) is 0 Å². The van der Waals surface area contributed by atoms with Gasteiger partial charge in [0.1, 0.15) is 0 Å². The lowest BCUT2D eigenvalue weighted by Crippen LogP contribution is -2.21. The van der Waals surface area contributed by atoms with Gasteiger partial charge in [0.25, 0.3) is 0 Å². The molecule has 1 heterocycles. The molecule has 2 rings (SSSR count). The Morgan fingerprint density at radius 3 is 2.71 bits per heavy atom. The molecule has 5 heteroatoms. The summed E-state index contributed by atoms with van der Waals surface area (Å²) in [7, 11) is 0. The molecule has 2 aromatic rings. The van der Waals surface area contributed by atoms with Crippen molar-refractivity contribution in [2.24, 2.45) is 5.73 Å². The van der Waals surface area contributed by atoms with Gasteiger partial charge in [-0.25, -0.2) is 0 Å². The zero-order valence-electron chi connectivity index (χ0n) is 9.56. The van der Waals surface area contributed by atoms with E-state index in [2.05, 4.69) is 10.1 Å². The Balaban J connectivity index is 2.15. The number of rotatable bonds is 4. The smallest absolute Gasteiger partial charge is 0.228 e. The van der Waals surface area contributed by atoms with Crippen LogP contribution in [0.4, 0.5) is 0 Å². The summed E-state index contributed by atoms with van der Waals surface area (Å²) in [6.07, 6.45) is 1.50. The van der Waals surface area contributed by atoms with Gasteiger partial charge in [-0.05, 0) is 30.7 Å². The van der Waals surface area contributed by atoms with Crippen LogP contribution < -0.4 is 5.73 Å². The Bertz CT molecular complexity index is 481. The highest BCUT2D eigenvalue weighted by atomic mass is 35.5. The van der Waals surface area contributed by atoms with Crippen LogP contribution >= 0.6 is 11.6 Å². The Labute approximate surface area is 105 Å². The van der Waals surface area contributed by atoms with Gasteiger partial charge in [-0.15, -0.1) is 0 Å². The second-order valence-corrected chi connectivity index (χ2v) is 4.33. The van der Waals surface area contributed by atoms with Gasteiger partial charge in [0, 0.05) is 23.0 Å². The van der Waals surface area contributed by atoms with Crippen LogP contribution in [-0.4, -0.2) is 16.2 Å². The highest BCUT2D eigenvalue weighted by Gasteiger charge is 2.11. The first-order valence-corrected chi connectivity index (χ1v) is 5.91. The van der Waals surface area contributed by atoms with Gasteiger partial charge in [-0.3, -0.25) is 0 Å². The first-order valence-electron chi connectivity index (χ1n) is 5.53. The van der Waals surface area contributed by atoms with E-state index in [1.54, 1.807) is 12.1 Å². The van der Waals surface area contributed by atoms with Crippen molar-refractivity contribution >= 4 is 11.6 Å². The third-order valence-corrected chi connectivity index (χ3v) is 2.78. The quantitative estimate of drug-likeness (QED) is 0.907. The molecule has 0 amide bonds. The normalized spacial score (nSPS) is 12.6. The lowest BCUT2D eigenvalue weighted by atomic mass is 10.2. The topological polar surface area (TPSA) is 64.9 Å². The Morgan fingerprint density at radius 1 is 1.35 bits per heavy atom. The number of hydrogen-bond donors (Lipinski definition) is 1. The van der Waals surface area contributed by atoms with Gasteiger partial charge in [0.2, 0.25) is 11.7 Å². The third-order valence-electron chi connectivity index (χ3n) is 2.53. The molecule has 0 aliphatic heterocycles. The molecule has 0 saturated carbocycles. The molecule has 0 aliphatic rings. The molecular weight excluding hydrogens is 238 g/mol. The molecule has 0 spiro atoms. The second-order valence-electron chi connectivity index (χ2n) is 3.89. The highest BCUT2D eigenvalue weighted by Crippen LogP contribution is 2.18. The fourth-order valence-corrected chi connectivity index (χ4v) is 1.55. The van der Waals surface area contributed by atoms with E-state index in [-0.39, 0.29) is 6.04 Å². The zero-order valence-corrected chi connectivity index (χ0v) is 10.3. The zero-order chi connectivity index (χ0) is 12.3. The molecule has 1 atom stereocenters. The van der Waals surface area contributed by atoms with Crippen LogP contribution in [0.2, 0.25) is 5.02 Å². The molecule has 0 aliphatic carbocycles. The molecular formula is C12H14ClN3O. The number of nitrogens with zero attached hydrogens (tertiary/aromatic N) is 2. The number of benzene rings is 1. The van der Waals surface area contributed by atoms with Gasteiger partial charge < -0.3 is 10.3 Å². The van der Waals surface area contributed by atoms with Gasteiger partial charge in [0.05, 0.1) is 0 Å². The van der Waals surface area contributed by atoms with Gasteiger partial charge in [0.15, 0.2) is 0 Å². The van der Waals surface area contributed by atoms with Crippen LogP contribution in [0.3, 0.4) is 0 Å². The van der Waals surface area contributed by atoms with Crippen LogP contribution in [0.15, 0.2) is 28.8 Å². The minimum atomic E-state index is 0.0634. The Hall–Kier alpha value is -1.39. The van der Waals surface area contributed by atoms with E-state index in [1.807, 2.05) is 19.1 Å². The summed E-state index contributed by atoms with van der Waals surface area (Å²) >= 11 is 5.81. The van der Waals surface area contributed by atoms with Crippen molar-refractivity contribution < 1.29 is 4.52 Å². The summed E-state index contributed by atoms with van der Waals surface area (Å²) in [4.78, 5) is 4.30.